The van der Waals surface area contributed by atoms with E-state index in [0.29, 0.717) is 48.8 Å². The highest BCUT2D eigenvalue weighted by atomic mass is 28.4. The Balaban J connectivity index is 1.33. The molecule has 0 unspecified atom stereocenters. The van der Waals surface area contributed by atoms with Crippen molar-refractivity contribution in [3.05, 3.63) is 42.0 Å². The summed E-state index contributed by atoms with van der Waals surface area (Å²) in [4.78, 5) is 28.2. The zero-order chi connectivity index (χ0) is 25.4. The van der Waals surface area contributed by atoms with Crippen LogP contribution < -0.4 is 4.90 Å². The second-order valence-corrected chi connectivity index (χ2v) is 15.3. The van der Waals surface area contributed by atoms with Gasteiger partial charge in [0.1, 0.15) is 5.82 Å². The summed E-state index contributed by atoms with van der Waals surface area (Å²) in [6.45, 7) is 12.8. The maximum absolute atomic E-state index is 15.3. The molecule has 0 radical (unpaired) electrons. The number of carbonyl (C=O) groups is 1. The largest absolute Gasteiger partial charge is 0.465 e. The van der Waals surface area contributed by atoms with Gasteiger partial charge in [0.05, 0.1) is 38.5 Å². The quantitative estimate of drug-likeness (QED) is 0.444. The summed E-state index contributed by atoms with van der Waals surface area (Å²) in [5.74, 6) is 0.224. The van der Waals surface area contributed by atoms with E-state index in [4.69, 9.17) is 14.4 Å². The van der Waals surface area contributed by atoms with Gasteiger partial charge in [-0.05, 0) is 18.1 Å². The van der Waals surface area contributed by atoms with Crippen LogP contribution in [0.5, 0.6) is 0 Å². The summed E-state index contributed by atoms with van der Waals surface area (Å²) in [5, 5.41) is 13.0. The van der Waals surface area contributed by atoms with Gasteiger partial charge in [-0.25, -0.2) is 19.2 Å². The molecule has 1 aromatic carbocycles. The number of hydrogen-bond acceptors (Lipinski definition) is 7. The molecule has 0 bridgehead atoms. The van der Waals surface area contributed by atoms with Gasteiger partial charge in [0.25, 0.3) is 0 Å². The van der Waals surface area contributed by atoms with Gasteiger partial charge in [-0.2, -0.15) is 0 Å². The van der Waals surface area contributed by atoms with Gasteiger partial charge in [-0.15, -0.1) is 0 Å². The van der Waals surface area contributed by atoms with Crippen molar-refractivity contribution in [2.75, 3.05) is 31.1 Å². The number of likely N-dealkylation sites (tertiary alicyclic amines) is 1. The molecule has 0 spiro atoms. The third-order valence-electron chi connectivity index (χ3n) is 6.90. The molecule has 2 saturated heterocycles. The number of amides is 1. The number of nitrogens with zero attached hydrogens (tertiary/aromatic N) is 5. The minimum Gasteiger partial charge on any atom is -0.465 e. The summed E-state index contributed by atoms with van der Waals surface area (Å²) in [7, 11) is -1.99. The van der Waals surface area contributed by atoms with E-state index in [1.165, 1.54) is 4.90 Å². The molecule has 9 nitrogen and oxygen atoms in total. The Labute approximate surface area is 205 Å². The summed E-state index contributed by atoms with van der Waals surface area (Å²) in [5.41, 5.74) is 2.42. The van der Waals surface area contributed by atoms with Gasteiger partial charge in [0.2, 0.25) is 5.95 Å². The number of benzene rings is 1. The Morgan fingerprint density at radius 1 is 1.23 bits per heavy atom. The van der Waals surface area contributed by atoms with Crippen LogP contribution in [0.4, 0.5) is 15.1 Å². The summed E-state index contributed by atoms with van der Waals surface area (Å²) >= 11 is 0. The second kappa shape index (κ2) is 9.54. The second-order valence-electron chi connectivity index (χ2n) is 10.5. The Hall–Kier alpha value is -3.05. The number of halogens is 1. The minimum absolute atomic E-state index is 0.0526. The minimum atomic E-state index is -1.99. The topological polar surface area (TPSA) is 100 Å². The van der Waals surface area contributed by atoms with Crippen LogP contribution in [-0.2, 0) is 15.9 Å². The first-order valence-corrected chi connectivity index (χ1v) is 14.5. The zero-order valence-electron chi connectivity index (χ0n) is 20.8. The van der Waals surface area contributed by atoms with E-state index in [1.807, 2.05) is 11.0 Å². The maximum Gasteiger partial charge on any atom is 0.407 e. The SMILES string of the molecule is CC(C)(C)[Si](C)(C)OCc1cccc(-c2cnc(N3CC(=NOC4CN(C(=O)O)C4)C3)nc2)c1F. The molecule has 1 amide bonds. The summed E-state index contributed by atoms with van der Waals surface area (Å²) < 4.78 is 21.5. The van der Waals surface area contributed by atoms with E-state index in [-0.39, 0.29) is 23.6 Å². The van der Waals surface area contributed by atoms with E-state index in [0.717, 1.165) is 5.71 Å². The number of aromatic nitrogens is 2. The van der Waals surface area contributed by atoms with Crippen LogP contribution in [0.25, 0.3) is 11.1 Å². The van der Waals surface area contributed by atoms with Gasteiger partial charge in [0, 0.05) is 29.1 Å². The number of oxime groups is 1. The molecular weight excluding hydrogens is 469 g/mol. The third-order valence-corrected chi connectivity index (χ3v) is 11.4. The average Bonchev–Trinajstić information content (AvgIpc) is 2.72. The van der Waals surface area contributed by atoms with Crippen molar-refractivity contribution in [1.82, 2.24) is 14.9 Å². The molecule has 2 aromatic rings. The molecule has 2 aliphatic rings. The van der Waals surface area contributed by atoms with Crippen LogP contribution in [0, 0.1) is 5.82 Å². The van der Waals surface area contributed by atoms with Crippen molar-refractivity contribution in [3.8, 4) is 11.1 Å². The molecule has 3 heterocycles. The molecule has 11 heteroatoms. The van der Waals surface area contributed by atoms with E-state index >= 15 is 4.39 Å². The average molecular weight is 502 g/mol. The number of carboxylic acid groups (broad SMARTS) is 1. The van der Waals surface area contributed by atoms with E-state index in [2.05, 4.69) is 49.0 Å². The molecule has 1 aromatic heterocycles. The lowest BCUT2D eigenvalue weighted by Gasteiger charge is -2.36. The first-order valence-electron chi connectivity index (χ1n) is 11.6. The van der Waals surface area contributed by atoms with Crippen LogP contribution >= 0.6 is 0 Å². The van der Waals surface area contributed by atoms with Crippen LogP contribution in [0.2, 0.25) is 18.1 Å². The monoisotopic (exact) mass is 501 g/mol. The van der Waals surface area contributed by atoms with Gasteiger partial charge < -0.3 is 24.2 Å². The normalized spacial score (nSPS) is 16.6. The van der Waals surface area contributed by atoms with Crippen LogP contribution in [0.15, 0.2) is 35.7 Å². The zero-order valence-corrected chi connectivity index (χ0v) is 21.8. The van der Waals surface area contributed by atoms with E-state index < -0.39 is 14.4 Å². The van der Waals surface area contributed by atoms with Crippen molar-refractivity contribution in [1.29, 1.82) is 0 Å². The van der Waals surface area contributed by atoms with Gasteiger partial charge >= 0.3 is 6.09 Å². The smallest absolute Gasteiger partial charge is 0.407 e. The van der Waals surface area contributed by atoms with Crippen molar-refractivity contribution in [2.45, 2.75) is 51.6 Å². The van der Waals surface area contributed by atoms with E-state index in [9.17, 15) is 4.79 Å². The van der Waals surface area contributed by atoms with Crippen molar-refractivity contribution >= 4 is 26.1 Å². The van der Waals surface area contributed by atoms with Crippen LogP contribution in [-0.4, -0.2) is 72.4 Å². The molecule has 188 valence electrons. The standard InChI is InChI=1S/C24H32FN5O4Si/c1-24(2,3)35(4,5)33-15-16-7-6-8-20(21(16)25)17-9-26-22(27-10-17)29-11-18(12-29)28-34-19-13-30(14-19)23(31)32/h6-10,19H,11-15H2,1-5H3,(H,31,32). The van der Waals surface area contributed by atoms with Crippen molar-refractivity contribution < 1.29 is 23.6 Å². The Bertz CT molecular complexity index is 1110. The molecule has 0 aliphatic carbocycles. The molecular formula is C24H32FN5O4Si. The Morgan fingerprint density at radius 3 is 2.49 bits per heavy atom. The number of anilines is 1. The molecule has 2 aliphatic heterocycles. The molecule has 0 atom stereocenters. The Kier molecular flexibility index (Phi) is 6.83. The van der Waals surface area contributed by atoms with Gasteiger partial charge in [-0.1, -0.05) is 44.1 Å². The maximum atomic E-state index is 15.3. The highest BCUT2D eigenvalue weighted by Gasteiger charge is 2.37. The summed E-state index contributed by atoms with van der Waals surface area (Å²) in [6.07, 6.45) is 2.11. The molecule has 2 fully saturated rings. The van der Waals surface area contributed by atoms with Crippen LogP contribution in [0.3, 0.4) is 0 Å². The highest BCUT2D eigenvalue weighted by Crippen LogP contribution is 2.37. The fourth-order valence-electron chi connectivity index (χ4n) is 3.42. The predicted molar refractivity (Wildman–Crippen MR) is 134 cm³/mol. The lowest BCUT2D eigenvalue weighted by Crippen LogP contribution is -2.54. The van der Waals surface area contributed by atoms with Crippen molar-refractivity contribution in [2.24, 2.45) is 5.16 Å². The van der Waals surface area contributed by atoms with Crippen molar-refractivity contribution in [3.63, 3.8) is 0 Å². The molecule has 35 heavy (non-hydrogen) atoms. The summed E-state index contributed by atoms with van der Waals surface area (Å²) in [6, 6.07) is 5.31. The predicted octanol–water partition coefficient (Wildman–Crippen LogP) is 4.36. The molecule has 0 saturated carbocycles. The third kappa shape index (κ3) is 5.45. The molecule has 1 N–H and O–H groups in total. The first-order chi connectivity index (χ1) is 16.4. The lowest BCUT2D eigenvalue weighted by atomic mass is 10.1. The fourth-order valence-corrected chi connectivity index (χ4v) is 4.37. The fraction of sp³-hybridized carbons (Fsp3) is 0.500. The van der Waals surface area contributed by atoms with Crippen LogP contribution in [0.1, 0.15) is 26.3 Å². The lowest BCUT2D eigenvalue weighted by molar-refractivity contribution is -0.0427. The first kappa shape index (κ1) is 25.1. The molecule has 4 rings (SSSR count). The Morgan fingerprint density at radius 2 is 1.89 bits per heavy atom. The van der Waals surface area contributed by atoms with E-state index in [1.54, 1.807) is 24.5 Å². The van der Waals surface area contributed by atoms with Gasteiger partial charge in [-0.3, -0.25) is 0 Å². The highest BCUT2D eigenvalue weighted by molar-refractivity contribution is 6.74. The number of hydrogen-bond donors (Lipinski definition) is 1. The van der Waals surface area contributed by atoms with Gasteiger partial charge in [0.15, 0.2) is 14.4 Å². The number of rotatable bonds is 7.